The largest absolute Gasteiger partial charge is 0.488 e. The molecule has 144 valence electrons. The summed E-state index contributed by atoms with van der Waals surface area (Å²) < 4.78 is 44.5. The average Bonchev–Trinajstić information content (AvgIpc) is 2.64. The molecule has 1 atom stereocenters. The first kappa shape index (κ1) is 20.1. The van der Waals surface area contributed by atoms with Crippen LogP contribution < -0.4 is 10.1 Å². The summed E-state index contributed by atoms with van der Waals surface area (Å²) in [6, 6.07) is 4.82. The molecule has 0 aliphatic rings. The molecular formula is C17H16F3N3O4. The third-order valence-electron chi connectivity index (χ3n) is 3.54. The number of aromatic nitrogens is 2. The van der Waals surface area contributed by atoms with Crippen LogP contribution in [-0.4, -0.2) is 39.6 Å². The zero-order chi connectivity index (χ0) is 20.0. The van der Waals surface area contributed by atoms with Crippen LogP contribution in [0.5, 0.6) is 5.75 Å². The number of amides is 1. The number of halogens is 3. The van der Waals surface area contributed by atoms with Crippen LogP contribution in [0.4, 0.5) is 13.2 Å². The van der Waals surface area contributed by atoms with Gasteiger partial charge in [-0.15, -0.1) is 0 Å². The Morgan fingerprint density at radius 3 is 2.37 bits per heavy atom. The Kier molecular flexibility index (Phi) is 6.32. The van der Waals surface area contributed by atoms with Crippen LogP contribution in [0.1, 0.15) is 39.9 Å². The normalized spacial score (nSPS) is 12.3. The van der Waals surface area contributed by atoms with Gasteiger partial charge in [-0.05, 0) is 18.6 Å². The van der Waals surface area contributed by atoms with E-state index in [2.05, 4.69) is 15.3 Å². The van der Waals surface area contributed by atoms with Crippen molar-refractivity contribution in [3.63, 3.8) is 0 Å². The molecule has 0 saturated carbocycles. The molecule has 1 aromatic carbocycles. The molecule has 0 bridgehead atoms. The standard InChI is InChI=1S/C17H16F3N3O4/c1-2-10(27-14-6-4-3-5-11(14)17(18,19)20)7-23-15(24)12-8-22-13(9-21-12)16(25)26/h3-6,8-10H,2,7H2,1H3,(H,23,24)(H,25,26). The number of nitrogens with one attached hydrogen (secondary N) is 1. The number of rotatable bonds is 7. The zero-order valence-corrected chi connectivity index (χ0v) is 14.2. The van der Waals surface area contributed by atoms with Gasteiger partial charge in [-0.1, -0.05) is 19.1 Å². The molecule has 27 heavy (non-hydrogen) atoms. The molecule has 1 heterocycles. The molecule has 0 fully saturated rings. The number of nitrogens with zero attached hydrogens (tertiary/aromatic N) is 2. The van der Waals surface area contributed by atoms with Gasteiger partial charge in [0.05, 0.1) is 24.5 Å². The first-order valence-electron chi connectivity index (χ1n) is 7.88. The second kappa shape index (κ2) is 8.47. The molecule has 2 rings (SSSR count). The summed E-state index contributed by atoms with van der Waals surface area (Å²) in [4.78, 5) is 30.0. The van der Waals surface area contributed by atoms with Gasteiger partial charge in [-0.25, -0.2) is 14.8 Å². The fraction of sp³-hybridized carbons (Fsp3) is 0.294. The summed E-state index contributed by atoms with van der Waals surface area (Å²) in [5.74, 6) is -2.25. The van der Waals surface area contributed by atoms with Gasteiger partial charge in [0.25, 0.3) is 5.91 Å². The Hall–Kier alpha value is -3.17. The Labute approximate surface area is 152 Å². The van der Waals surface area contributed by atoms with Crippen LogP contribution in [0.3, 0.4) is 0 Å². The first-order chi connectivity index (χ1) is 12.7. The molecule has 0 aliphatic heterocycles. The van der Waals surface area contributed by atoms with E-state index < -0.39 is 29.7 Å². The van der Waals surface area contributed by atoms with Gasteiger partial charge in [0.1, 0.15) is 17.5 Å². The van der Waals surface area contributed by atoms with Crippen molar-refractivity contribution < 1.29 is 32.6 Å². The SMILES string of the molecule is CCC(CNC(=O)c1cnc(C(=O)O)cn1)Oc1ccccc1C(F)(F)F. The smallest absolute Gasteiger partial charge is 0.419 e. The minimum absolute atomic E-state index is 0.0656. The van der Waals surface area contributed by atoms with Crippen molar-refractivity contribution in [1.29, 1.82) is 0 Å². The molecule has 7 nitrogen and oxygen atoms in total. The van der Waals surface area contributed by atoms with Gasteiger partial charge < -0.3 is 15.2 Å². The van der Waals surface area contributed by atoms with Crippen molar-refractivity contribution >= 4 is 11.9 Å². The highest BCUT2D eigenvalue weighted by Gasteiger charge is 2.34. The molecule has 2 N–H and O–H groups in total. The van der Waals surface area contributed by atoms with Crippen LogP contribution in [0.15, 0.2) is 36.7 Å². The minimum Gasteiger partial charge on any atom is -0.488 e. The number of alkyl halides is 3. The number of para-hydroxylation sites is 1. The van der Waals surface area contributed by atoms with Crippen LogP contribution >= 0.6 is 0 Å². The summed E-state index contributed by atoms with van der Waals surface area (Å²) >= 11 is 0. The highest BCUT2D eigenvalue weighted by molar-refractivity contribution is 5.92. The molecule has 1 aromatic heterocycles. The fourth-order valence-corrected chi connectivity index (χ4v) is 2.11. The number of carbonyl (C=O) groups is 2. The highest BCUT2D eigenvalue weighted by Crippen LogP contribution is 2.36. The molecule has 0 spiro atoms. The Morgan fingerprint density at radius 2 is 1.81 bits per heavy atom. The monoisotopic (exact) mass is 383 g/mol. The topological polar surface area (TPSA) is 101 Å². The van der Waals surface area contributed by atoms with E-state index in [1.165, 1.54) is 18.2 Å². The van der Waals surface area contributed by atoms with Crippen LogP contribution in [0.25, 0.3) is 0 Å². The van der Waals surface area contributed by atoms with E-state index in [1.807, 2.05) is 0 Å². The molecule has 0 aliphatic carbocycles. The lowest BCUT2D eigenvalue weighted by Crippen LogP contribution is -2.35. The van der Waals surface area contributed by atoms with Gasteiger partial charge in [0.2, 0.25) is 0 Å². The predicted molar refractivity (Wildman–Crippen MR) is 87.5 cm³/mol. The lowest BCUT2D eigenvalue weighted by molar-refractivity contribution is -0.139. The molecule has 0 radical (unpaired) electrons. The van der Waals surface area contributed by atoms with E-state index in [4.69, 9.17) is 9.84 Å². The predicted octanol–water partition coefficient (Wildman–Crippen LogP) is 2.78. The summed E-state index contributed by atoms with van der Waals surface area (Å²) in [7, 11) is 0. The molecular weight excluding hydrogens is 367 g/mol. The van der Waals surface area contributed by atoms with E-state index in [0.29, 0.717) is 6.42 Å². The third-order valence-corrected chi connectivity index (χ3v) is 3.54. The lowest BCUT2D eigenvalue weighted by Gasteiger charge is -2.21. The highest BCUT2D eigenvalue weighted by atomic mass is 19.4. The Balaban J connectivity index is 2.01. The first-order valence-corrected chi connectivity index (χ1v) is 7.88. The number of carboxylic acid groups (broad SMARTS) is 1. The lowest BCUT2D eigenvalue weighted by atomic mass is 10.2. The summed E-state index contributed by atoms with van der Waals surface area (Å²) in [6.45, 7) is 1.64. The van der Waals surface area contributed by atoms with Crippen molar-refractivity contribution in [2.75, 3.05) is 6.54 Å². The van der Waals surface area contributed by atoms with Gasteiger partial charge in [0.15, 0.2) is 5.69 Å². The van der Waals surface area contributed by atoms with E-state index in [0.717, 1.165) is 18.5 Å². The van der Waals surface area contributed by atoms with E-state index in [9.17, 15) is 22.8 Å². The van der Waals surface area contributed by atoms with Crippen LogP contribution in [0, 0.1) is 0 Å². The summed E-state index contributed by atoms with van der Waals surface area (Å²) in [6.07, 6.45) is -2.98. The number of benzene rings is 1. The van der Waals surface area contributed by atoms with Gasteiger partial charge in [0, 0.05) is 0 Å². The van der Waals surface area contributed by atoms with Crippen LogP contribution in [0.2, 0.25) is 0 Å². The average molecular weight is 383 g/mol. The molecule has 10 heteroatoms. The van der Waals surface area contributed by atoms with Gasteiger partial charge in [-0.2, -0.15) is 13.2 Å². The van der Waals surface area contributed by atoms with E-state index in [1.54, 1.807) is 6.92 Å². The molecule has 1 unspecified atom stereocenters. The van der Waals surface area contributed by atoms with Gasteiger partial charge in [-0.3, -0.25) is 4.79 Å². The Bertz CT molecular complexity index is 810. The Morgan fingerprint density at radius 1 is 1.19 bits per heavy atom. The van der Waals surface area contributed by atoms with Crippen molar-refractivity contribution in [3.8, 4) is 5.75 Å². The maximum Gasteiger partial charge on any atom is 0.419 e. The maximum atomic E-state index is 13.0. The number of carbonyl (C=O) groups excluding carboxylic acids is 1. The van der Waals surface area contributed by atoms with E-state index in [-0.39, 0.29) is 23.7 Å². The van der Waals surface area contributed by atoms with Crippen molar-refractivity contribution in [3.05, 3.63) is 53.6 Å². The van der Waals surface area contributed by atoms with Crippen molar-refractivity contribution in [1.82, 2.24) is 15.3 Å². The molecule has 0 saturated heterocycles. The number of carboxylic acids is 1. The second-order valence-electron chi connectivity index (χ2n) is 5.44. The quantitative estimate of drug-likeness (QED) is 0.762. The van der Waals surface area contributed by atoms with E-state index >= 15 is 0 Å². The summed E-state index contributed by atoms with van der Waals surface area (Å²) in [5, 5.41) is 11.2. The number of hydrogen-bond donors (Lipinski definition) is 2. The molecule has 1 amide bonds. The van der Waals surface area contributed by atoms with Crippen LogP contribution in [-0.2, 0) is 6.18 Å². The second-order valence-corrected chi connectivity index (χ2v) is 5.44. The van der Waals surface area contributed by atoms with Gasteiger partial charge >= 0.3 is 12.1 Å². The fourth-order valence-electron chi connectivity index (χ4n) is 2.11. The van der Waals surface area contributed by atoms with Crippen molar-refractivity contribution in [2.24, 2.45) is 0 Å². The number of hydrogen-bond acceptors (Lipinski definition) is 5. The maximum absolute atomic E-state index is 13.0. The van der Waals surface area contributed by atoms with Crippen molar-refractivity contribution in [2.45, 2.75) is 25.6 Å². The third kappa shape index (κ3) is 5.40. The summed E-state index contributed by atoms with van der Waals surface area (Å²) in [5.41, 5.74) is -1.33. The zero-order valence-electron chi connectivity index (χ0n) is 14.2. The minimum atomic E-state index is -4.56. The number of ether oxygens (including phenoxy) is 1. The number of aromatic carboxylic acids is 1. The molecule has 2 aromatic rings.